The topological polar surface area (TPSA) is 32.3 Å². The second-order valence-corrected chi connectivity index (χ2v) is 5.88. The van der Waals surface area contributed by atoms with Crippen LogP contribution in [0.25, 0.3) is 0 Å². The van der Waals surface area contributed by atoms with Gasteiger partial charge in [0.2, 0.25) is 0 Å². The molecule has 3 nitrogen and oxygen atoms in total. The molecule has 0 fully saturated rings. The van der Waals surface area contributed by atoms with Gasteiger partial charge in [0.15, 0.2) is 0 Å². The molecule has 0 heterocycles. The van der Waals surface area contributed by atoms with E-state index in [0.717, 1.165) is 12.1 Å². The van der Waals surface area contributed by atoms with Crippen molar-refractivity contribution in [1.29, 1.82) is 0 Å². The molecule has 0 unspecified atom stereocenters. The lowest BCUT2D eigenvalue weighted by atomic mass is 10.1. The highest BCUT2D eigenvalue weighted by Gasteiger charge is 2.09. The zero-order chi connectivity index (χ0) is 15.4. The SMILES string of the molecule is CN(C)Cc1cccc(NC(=O)c2ccc(Br)c(F)c2)c1. The minimum absolute atomic E-state index is 0.286. The Hall–Kier alpha value is -1.72. The molecule has 0 aromatic heterocycles. The van der Waals surface area contributed by atoms with Gasteiger partial charge >= 0.3 is 0 Å². The summed E-state index contributed by atoms with van der Waals surface area (Å²) in [6, 6.07) is 11.9. The monoisotopic (exact) mass is 350 g/mol. The minimum atomic E-state index is -0.455. The molecule has 0 saturated heterocycles. The molecule has 0 aliphatic rings. The molecule has 0 bridgehead atoms. The van der Waals surface area contributed by atoms with Crippen LogP contribution in [0.2, 0.25) is 0 Å². The number of benzene rings is 2. The zero-order valence-corrected chi connectivity index (χ0v) is 13.4. The summed E-state index contributed by atoms with van der Waals surface area (Å²) in [7, 11) is 3.96. The van der Waals surface area contributed by atoms with Crippen molar-refractivity contribution >= 4 is 27.5 Å². The first-order valence-electron chi connectivity index (χ1n) is 6.46. The highest BCUT2D eigenvalue weighted by molar-refractivity contribution is 9.10. The minimum Gasteiger partial charge on any atom is -0.322 e. The first kappa shape index (κ1) is 15.7. The number of carbonyl (C=O) groups excluding carboxylic acids is 1. The van der Waals surface area contributed by atoms with Crippen molar-refractivity contribution in [2.75, 3.05) is 19.4 Å². The van der Waals surface area contributed by atoms with Crippen LogP contribution in [0.15, 0.2) is 46.9 Å². The number of nitrogens with zero attached hydrogens (tertiary/aromatic N) is 1. The van der Waals surface area contributed by atoms with Crippen LogP contribution in [0.4, 0.5) is 10.1 Å². The molecule has 2 aromatic rings. The Morgan fingerprint density at radius 3 is 2.67 bits per heavy atom. The average Bonchev–Trinajstić information content (AvgIpc) is 2.41. The molecule has 2 aromatic carbocycles. The summed E-state index contributed by atoms with van der Waals surface area (Å²) in [5, 5.41) is 2.78. The molecule has 110 valence electrons. The van der Waals surface area contributed by atoms with Crippen molar-refractivity contribution in [3.8, 4) is 0 Å². The molecule has 0 aliphatic carbocycles. The van der Waals surface area contributed by atoms with Gasteiger partial charge < -0.3 is 10.2 Å². The van der Waals surface area contributed by atoms with E-state index in [-0.39, 0.29) is 11.5 Å². The van der Waals surface area contributed by atoms with Crippen LogP contribution in [0.1, 0.15) is 15.9 Å². The lowest BCUT2D eigenvalue weighted by Gasteiger charge is -2.11. The Morgan fingerprint density at radius 2 is 2.00 bits per heavy atom. The van der Waals surface area contributed by atoms with Crippen molar-refractivity contribution in [3.05, 3.63) is 63.9 Å². The van der Waals surface area contributed by atoms with Gasteiger partial charge in [-0.05, 0) is 65.9 Å². The molecule has 0 saturated carbocycles. The second kappa shape index (κ2) is 6.83. The van der Waals surface area contributed by atoms with E-state index >= 15 is 0 Å². The van der Waals surface area contributed by atoms with Gasteiger partial charge in [-0.15, -0.1) is 0 Å². The Balaban J connectivity index is 2.13. The number of carbonyl (C=O) groups is 1. The standard InChI is InChI=1S/C16H16BrFN2O/c1-20(2)10-11-4-3-5-13(8-11)19-16(21)12-6-7-14(17)15(18)9-12/h3-9H,10H2,1-2H3,(H,19,21). The number of nitrogens with one attached hydrogen (secondary N) is 1. The fourth-order valence-electron chi connectivity index (χ4n) is 1.95. The zero-order valence-electron chi connectivity index (χ0n) is 11.9. The lowest BCUT2D eigenvalue weighted by molar-refractivity contribution is 0.102. The smallest absolute Gasteiger partial charge is 0.255 e. The number of halogens is 2. The number of hydrogen-bond donors (Lipinski definition) is 1. The van der Waals surface area contributed by atoms with Crippen LogP contribution in [-0.4, -0.2) is 24.9 Å². The van der Waals surface area contributed by atoms with E-state index < -0.39 is 5.82 Å². The van der Waals surface area contributed by atoms with Crippen molar-refractivity contribution in [3.63, 3.8) is 0 Å². The number of hydrogen-bond acceptors (Lipinski definition) is 2. The van der Waals surface area contributed by atoms with Gasteiger partial charge in [0.25, 0.3) is 5.91 Å². The summed E-state index contributed by atoms with van der Waals surface area (Å²) in [6.07, 6.45) is 0. The van der Waals surface area contributed by atoms with Gasteiger partial charge in [-0.3, -0.25) is 4.79 Å². The van der Waals surface area contributed by atoms with E-state index in [1.165, 1.54) is 12.1 Å². The predicted octanol–water partition coefficient (Wildman–Crippen LogP) is 3.90. The maximum Gasteiger partial charge on any atom is 0.255 e. The van der Waals surface area contributed by atoms with E-state index in [0.29, 0.717) is 10.2 Å². The largest absolute Gasteiger partial charge is 0.322 e. The van der Waals surface area contributed by atoms with Crippen molar-refractivity contribution in [2.45, 2.75) is 6.54 Å². The van der Waals surface area contributed by atoms with Crippen molar-refractivity contribution in [1.82, 2.24) is 4.90 Å². The lowest BCUT2D eigenvalue weighted by Crippen LogP contribution is -2.13. The van der Waals surface area contributed by atoms with E-state index in [9.17, 15) is 9.18 Å². The Kier molecular flexibility index (Phi) is 5.09. The molecule has 1 amide bonds. The van der Waals surface area contributed by atoms with Gasteiger partial charge in [-0.1, -0.05) is 12.1 Å². The molecule has 21 heavy (non-hydrogen) atoms. The molecule has 5 heteroatoms. The third-order valence-electron chi connectivity index (χ3n) is 2.87. The Labute approximate surface area is 131 Å². The molecule has 0 aliphatic heterocycles. The van der Waals surface area contributed by atoms with Gasteiger partial charge in [0.1, 0.15) is 5.82 Å². The highest BCUT2D eigenvalue weighted by atomic mass is 79.9. The second-order valence-electron chi connectivity index (χ2n) is 5.02. The maximum atomic E-state index is 13.5. The number of anilines is 1. The summed E-state index contributed by atoms with van der Waals surface area (Å²) in [5.74, 6) is -0.785. The van der Waals surface area contributed by atoms with E-state index in [1.807, 2.05) is 43.3 Å². The fourth-order valence-corrected chi connectivity index (χ4v) is 2.20. The van der Waals surface area contributed by atoms with Gasteiger partial charge in [-0.25, -0.2) is 4.39 Å². The highest BCUT2D eigenvalue weighted by Crippen LogP contribution is 2.18. The summed E-state index contributed by atoms with van der Waals surface area (Å²) < 4.78 is 13.8. The first-order valence-corrected chi connectivity index (χ1v) is 7.25. The van der Waals surface area contributed by atoms with Crippen molar-refractivity contribution < 1.29 is 9.18 Å². The number of rotatable bonds is 4. The fraction of sp³-hybridized carbons (Fsp3) is 0.188. The summed E-state index contributed by atoms with van der Waals surface area (Å²) >= 11 is 3.07. The van der Waals surface area contributed by atoms with Gasteiger partial charge in [-0.2, -0.15) is 0 Å². The third-order valence-corrected chi connectivity index (χ3v) is 3.51. The van der Waals surface area contributed by atoms with E-state index in [4.69, 9.17) is 0 Å². The van der Waals surface area contributed by atoms with Crippen LogP contribution >= 0.6 is 15.9 Å². The molecular weight excluding hydrogens is 335 g/mol. The molecule has 2 rings (SSSR count). The summed E-state index contributed by atoms with van der Waals surface area (Å²) in [5.41, 5.74) is 2.08. The van der Waals surface area contributed by atoms with Crippen molar-refractivity contribution in [2.24, 2.45) is 0 Å². The average molecular weight is 351 g/mol. The Bertz CT molecular complexity index is 658. The van der Waals surface area contributed by atoms with Crippen LogP contribution in [0.3, 0.4) is 0 Å². The first-order chi connectivity index (χ1) is 9.95. The van der Waals surface area contributed by atoms with E-state index in [2.05, 4.69) is 21.2 Å². The van der Waals surface area contributed by atoms with Crippen LogP contribution in [0.5, 0.6) is 0 Å². The van der Waals surface area contributed by atoms with Crippen LogP contribution in [-0.2, 0) is 6.54 Å². The Morgan fingerprint density at radius 1 is 1.24 bits per heavy atom. The molecule has 0 atom stereocenters. The molecular formula is C16H16BrFN2O. The molecule has 1 N–H and O–H groups in total. The third kappa shape index (κ3) is 4.37. The van der Waals surface area contributed by atoms with E-state index in [1.54, 1.807) is 6.07 Å². The van der Waals surface area contributed by atoms with Crippen LogP contribution < -0.4 is 5.32 Å². The molecule has 0 spiro atoms. The predicted molar refractivity (Wildman–Crippen MR) is 85.9 cm³/mol. The van der Waals surface area contributed by atoms with Gasteiger partial charge in [0.05, 0.1) is 4.47 Å². The van der Waals surface area contributed by atoms with Gasteiger partial charge in [0, 0.05) is 17.8 Å². The maximum absolute atomic E-state index is 13.5. The summed E-state index contributed by atoms with van der Waals surface area (Å²) in [6.45, 7) is 0.788. The normalized spacial score (nSPS) is 10.7. The number of amides is 1. The quantitative estimate of drug-likeness (QED) is 0.906. The molecule has 0 radical (unpaired) electrons. The summed E-state index contributed by atoms with van der Waals surface area (Å²) in [4.78, 5) is 14.2. The van der Waals surface area contributed by atoms with Crippen LogP contribution in [0, 0.1) is 5.82 Å².